The van der Waals surface area contributed by atoms with Crippen molar-refractivity contribution in [3.05, 3.63) is 41.7 Å². The topological polar surface area (TPSA) is 60.2 Å². The zero-order valence-electron chi connectivity index (χ0n) is 10.9. The van der Waals surface area contributed by atoms with Crippen LogP contribution in [0.15, 0.2) is 34.9 Å². The molecule has 1 aliphatic heterocycles. The normalized spacial score (nSPS) is 18.2. The second kappa shape index (κ2) is 5.01. The first-order valence-corrected chi connectivity index (χ1v) is 6.50. The van der Waals surface area contributed by atoms with E-state index >= 15 is 0 Å². The van der Waals surface area contributed by atoms with Crippen molar-refractivity contribution in [3.8, 4) is 0 Å². The first kappa shape index (κ1) is 12.2. The first-order valence-electron chi connectivity index (χ1n) is 6.50. The van der Waals surface area contributed by atoms with Crippen LogP contribution in [0.3, 0.4) is 0 Å². The third-order valence-corrected chi connectivity index (χ3v) is 3.74. The summed E-state index contributed by atoms with van der Waals surface area (Å²) in [5.41, 5.74) is 1.03. The molecule has 0 spiro atoms. The average Bonchev–Trinajstić information content (AvgIpc) is 2.98. The van der Waals surface area contributed by atoms with Crippen LogP contribution in [0.1, 0.15) is 24.2 Å². The van der Waals surface area contributed by atoms with Gasteiger partial charge in [0.1, 0.15) is 0 Å². The average molecular weight is 259 g/mol. The molecule has 3 rings (SSSR count). The molecule has 1 saturated heterocycles. The number of benzene rings is 1. The third kappa shape index (κ3) is 2.10. The molecule has 0 amide bonds. The van der Waals surface area contributed by atoms with Gasteiger partial charge in [-0.15, -0.1) is 0 Å². The molecule has 1 aromatic heterocycles. The van der Waals surface area contributed by atoms with Gasteiger partial charge >= 0.3 is 6.01 Å². The minimum Gasteiger partial charge on any atom is -0.381 e. The number of hydrogen-bond donors (Lipinski definition) is 1. The highest BCUT2D eigenvalue weighted by Gasteiger charge is 2.40. The van der Waals surface area contributed by atoms with Crippen LogP contribution in [0.4, 0.5) is 6.01 Å². The fourth-order valence-corrected chi connectivity index (χ4v) is 2.64. The van der Waals surface area contributed by atoms with Crippen molar-refractivity contribution in [2.75, 3.05) is 25.6 Å². The summed E-state index contributed by atoms with van der Waals surface area (Å²) in [5.74, 6) is 0.742. The van der Waals surface area contributed by atoms with Crippen LogP contribution in [0.25, 0.3) is 0 Å². The largest absolute Gasteiger partial charge is 0.381 e. The van der Waals surface area contributed by atoms with Crippen molar-refractivity contribution in [3.63, 3.8) is 0 Å². The highest BCUT2D eigenvalue weighted by molar-refractivity contribution is 5.34. The lowest BCUT2D eigenvalue weighted by molar-refractivity contribution is 0.0597. The van der Waals surface area contributed by atoms with Gasteiger partial charge in [0.25, 0.3) is 0 Å². The summed E-state index contributed by atoms with van der Waals surface area (Å²) in [5, 5.41) is 7.04. The van der Waals surface area contributed by atoms with Gasteiger partial charge in [-0.3, -0.25) is 0 Å². The first-order chi connectivity index (χ1) is 9.35. The van der Waals surface area contributed by atoms with E-state index in [1.54, 1.807) is 7.05 Å². The molecule has 5 nitrogen and oxygen atoms in total. The third-order valence-electron chi connectivity index (χ3n) is 3.74. The Kier molecular flexibility index (Phi) is 3.21. The number of ether oxygens (including phenoxy) is 1. The van der Waals surface area contributed by atoms with Crippen LogP contribution < -0.4 is 5.32 Å². The number of anilines is 1. The van der Waals surface area contributed by atoms with Crippen molar-refractivity contribution in [2.24, 2.45) is 0 Å². The summed E-state index contributed by atoms with van der Waals surface area (Å²) in [4.78, 5) is 4.46. The SMILES string of the molecule is CNc1nc(C2(c3ccccc3)CCOCC2)no1. The number of nitrogens with zero attached hydrogens (tertiary/aromatic N) is 2. The molecule has 100 valence electrons. The van der Waals surface area contributed by atoms with Crippen LogP contribution in [0.2, 0.25) is 0 Å². The number of hydrogen-bond acceptors (Lipinski definition) is 5. The molecule has 1 aliphatic rings. The van der Waals surface area contributed by atoms with Gasteiger partial charge in [0.15, 0.2) is 5.82 Å². The van der Waals surface area contributed by atoms with E-state index in [2.05, 4.69) is 27.6 Å². The Labute approximate surface area is 112 Å². The lowest BCUT2D eigenvalue weighted by Gasteiger charge is -2.34. The molecule has 1 N–H and O–H groups in total. The monoisotopic (exact) mass is 259 g/mol. The molecule has 5 heteroatoms. The summed E-state index contributed by atoms with van der Waals surface area (Å²) in [6.45, 7) is 1.44. The van der Waals surface area contributed by atoms with Crippen molar-refractivity contribution >= 4 is 6.01 Å². The van der Waals surface area contributed by atoms with E-state index in [4.69, 9.17) is 9.26 Å². The van der Waals surface area contributed by atoms with Crippen LogP contribution >= 0.6 is 0 Å². The van der Waals surface area contributed by atoms with Crippen molar-refractivity contribution in [1.82, 2.24) is 10.1 Å². The van der Waals surface area contributed by atoms with Gasteiger partial charge in [0, 0.05) is 20.3 Å². The van der Waals surface area contributed by atoms with Crippen molar-refractivity contribution in [2.45, 2.75) is 18.3 Å². The molecule has 19 heavy (non-hydrogen) atoms. The van der Waals surface area contributed by atoms with Gasteiger partial charge in [-0.1, -0.05) is 35.5 Å². The van der Waals surface area contributed by atoms with E-state index in [9.17, 15) is 0 Å². The molecule has 2 aromatic rings. The molecule has 0 radical (unpaired) electrons. The fourth-order valence-electron chi connectivity index (χ4n) is 2.64. The maximum Gasteiger partial charge on any atom is 0.321 e. The van der Waals surface area contributed by atoms with E-state index in [-0.39, 0.29) is 5.41 Å². The Morgan fingerprint density at radius 2 is 1.89 bits per heavy atom. The summed E-state index contributed by atoms with van der Waals surface area (Å²) in [7, 11) is 1.77. The standard InChI is InChI=1S/C14H17N3O2/c1-15-13-16-12(17-19-13)14(7-9-18-10-8-14)11-5-3-2-4-6-11/h2-6H,7-10H2,1H3,(H,15,16,17). The Hall–Kier alpha value is -1.88. The zero-order valence-corrected chi connectivity index (χ0v) is 10.9. The van der Waals surface area contributed by atoms with E-state index in [1.807, 2.05) is 18.2 Å². The van der Waals surface area contributed by atoms with Gasteiger partial charge in [-0.25, -0.2) is 0 Å². The minimum absolute atomic E-state index is 0.196. The molecular formula is C14H17N3O2. The van der Waals surface area contributed by atoms with Crippen LogP contribution in [0, 0.1) is 0 Å². The predicted molar refractivity (Wildman–Crippen MR) is 71.1 cm³/mol. The molecule has 0 bridgehead atoms. The van der Waals surface area contributed by atoms with Crippen LogP contribution in [-0.2, 0) is 10.2 Å². The molecule has 1 aromatic carbocycles. The molecule has 0 atom stereocenters. The van der Waals surface area contributed by atoms with Crippen LogP contribution in [0.5, 0.6) is 0 Å². The van der Waals surface area contributed by atoms with Gasteiger partial charge in [-0.05, 0) is 18.4 Å². The van der Waals surface area contributed by atoms with Crippen LogP contribution in [-0.4, -0.2) is 30.4 Å². The lowest BCUT2D eigenvalue weighted by Crippen LogP contribution is -2.36. The molecule has 0 aliphatic carbocycles. The van der Waals surface area contributed by atoms with Gasteiger partial charge in [0.2, 0.25) is 0 Å². The highest BCUT2D eigenvalue weighted by atomic mass is 16.5. The summed E-state index contributed by atoms with van der Waals surface area (Å²) < 4.78 is 10.7. The smallest absolute Gasteiger partial charge is 0.321 e. The molecule has 2 heterocycles. The van der Waals surface area contributed by atoms with E-state index in [1.165, 1.54) is 5.56 Å². The fraction of sp³-hybridized carbons (Fsp3) is 0.429. The lowest BCUT2D eigenvalue weighted by atomic mass is 9.73. The quantitative estimate of drug-likeness (QED) is 0.915. The summed E-state index contributed by atoms with van der Waals surface area (Å²) in [6, 6.07) is 10.8. The Morgan fingerprint density at radius 1 is 1.16 bits per heavy atom. The summed E-state index contributed by atoms with van der Waals surface area (Å²) in [6.07, 6.45) is 1.75. The van der Waals surface area contributed by atoms with E-state index in [0.717, 1.165) is 31.9 Å². The highest BCUT2D eigenvalue weighted by Crippen LogP contribution is 2.39. The van der Waals surface area contributed by atoms with Gasteiger partial charge < -0.3 is 14.6 Å². The Morgan fingerprint density at radius 3 is 2.53 bits per heavy atom. The predicted octanol–water partition coefficient (Wildman–Crippen LogP) is 2.21. The second-order valence-corrected chi connectivity index (χ2v) is 4.73. The number of nitrogens with one attached hydrogen (secondary N) is 1. The molecule has 1 fully saturated rings. The maximum absolute atomic E-state index is 5.50. The second-order valence-electron chi connectivity index (χ2n) is 4.73. The zero-order chi connectivity index (χ0) is 13.1. The Balaban J connectivity index is 2.06. The molecule has 0 unspecified atom stereocenters. The maximum atomic E-state index is 5.50. The van der Waals surface area contributed by atoms with Crippen molar-refractivity contribution < 1.29 is 9.26 Å². The van der Waals surface area contributed by atoms with Gasteiger partial charge in [0.05, 0.1) is 5.41 Å². The number of rotatable bonds is 3. The molecular weight excluding hydrogens is 242 g/mol. The van der Waals surface area contributed by atoms with Gasteiger partial charge in [-0.2, -0.15) is 4.98 Å². The van der Waals surface area contributed by atoms with E-state index < -0.39 is 0 Å². The Bertz CT molecular complexity index is 533. The minimum atomic E-state index is -0.196. The molecule has 0 saturated carbocycles. The summed E-state index contributed by atoms with van der Waals surface area (Å²) >= 11 is 0. The number of aromatic nitrogens is 2. The van der Waals surface area contributed by atoms with Crippen molar-refractivity contribution in [1.29, 1.82) is 0 Å². The van der Waals surface area contributed by atoms with E-state index in [0.29, 0.717) is 6.01 Å².